The summed E-state index contributed by atoms with van der Waals surface area (Å²) < 4.78 is 24.8. The van der Waals surface area contributed by atoms with Crippen LogP contribution in [0.15, 0.2) is 52.3 Å². The number of sulfone groups is 1. The summed E-state index contributed by atoms with van der Waals surface area (Å²) in [5, 5.41) is 22.4. The van der Waals surface area contributed by atoms with Crippen LogP contribution in [0.1, 0.15) is 29.2 Å². The summed E-state index contributed by atoms with van der Waals surface area (Å²) in [6.45, 7) is 1.57. The fraction of sp³-hybridized carbons (Fsp3) is 0.227. The second-order valence-corrected chi connectivity index (χ2v) is 9.60. The van der Waals surface area contributed by atoms with Crippen molar-refractivity contribution in [3.63, 3.8) is 0 Å². The van der Waals surface area contributed by atoms with Gasteiger partial charge in [-0.05, 0) is 41.8 Å². The summed E-state index contributed by atoms with van der Waals surface area (Å²) in [4.78, 5) is 17.2. The Morgan fingerprint density at radius 2 is 1.97 bits per heavy atom. The number of aromatic hydroxyl groups is 1. The van der Waals surface area contributed by atoms with E-state index >= 15 is 0 Å². The molecule has 0 aliphatic carbocycles. The van der Waals surface area contributed by atoms with E-state index in [9.17, 15) is 23.6 Å². The van der Waals surface area contributed by atoms with Crippen LogP contribution in [-0.4, -0.2) is 35.8 Å². The molecule has 4 rings (SSSR count). The Labute approximate surface area is 173 Å². The van der Waals surface area contributed by atoms with Gasteiger partial charge in [0, 0.05) is 6.21 Å². The highest BCUT2D eigenvalue weighted by atomic mass is 32.2. The van der Waals surface area contributed by atoms with Gasteiger partial charge in [0.1, 0.15) is 11.6 Å². The SMILES string of the molecule is Cc1c(C=Nc2ccc3ccccc3c2)c(O)n(C2CCS(=O)(=O)C2)c(=O)c1C#N. The van der Waals surface area contributed by atoms with Crippen LogP contribution in [-0.2, 0) is 9.84 Å². The molecule has 1 aromatic heterocycles. The minimum Gasteiger partial charge on any atom is -0.494 e. The Hall–Kier alpha value is -3.44. The summed E-state index contributed by atoms with van der Waals surface area (Å²) in [5.41, 5.74) is 0.368. The fourth-order valence-electron chi connectivity index (χ4n) is 3.81. The van der Waals surface area contributed by atoms with E-state index in [0.29, 0.717) is 11.3 Å². The zero-order chi connectivity index (χ0) is 21.5. The van der Waals surface area contributed by atoms with Gasteiger partial charge in [0.15, 0.2) is 9.84 Å². The van der Waals surface area contributed by atoms with Crippen LogP contribution >= 0.6 is 0 Å². The van der Waals surface area contributed by atoms with E-state index in [-0.39, 0.29) is 34.9 Å². The first-order valence-electron chi connectivity index (χ1n) is 9.42. The molecule has 7 nitrogen and oxygen atoms in total. The van der Waals surface area contributed by atoms with Gasteiger partial charge in [0.25, 0.3) is 5.56 Å². The van der Waals surface area contributed by atoms with Gasteiger partial charge < -0.3 is 5.11 Å². The lowest BCUT2D eigenvalue weighted by Crippen LogP contribution is -2.29. The number of nitrogens with zero attached hydrogens (tertiary/aromatic N) is 3. The number of fused-ring (bicyclic) bond motifs is 1. The van der Waals surface area contributed by atoms with E-state index in [1.165, 1.54) is 6.21 Å². The molecule has 1 aliphatic heterocycles. The van der Waals surface area contributed by atoms with E-state index < -0.39 is 21.4 Å². The fourth-order valence-corrected chi connectivity index (χ4v) is 5.51. The first-order chi connectivity index (χ1) is 14.3. The van der Waals surface area contributed by atoms with Crippen molar-refractivity contribution in [2.24, 2.45) is 4.99 Å². The number of benzene rings is 2. The molecule has 8 heteroatoms. The Bertz CT molecular complexity index is 1400. The van der Waals surface area contributed by atoms with E-state index in [2.05, 4.69) is 4.99 Å². The molecule has 3 aromatic rings. The highest BCUT2D eigenvalue weighted by Crippen LogP contribution is 2.30. The number of rotatable bonds is 3. The molecule has 1 aliphatic rings. The molecule has 2 heterocycles. The van der Waals surface area contributed by atoms with Crippen molar-refractivity contribution in [3.05, 3.63) is 69.5 Å². The lowest BCUT2D eigenvalue weighted by molar-refractivity contribution is 0.379. The smallest absolute Gasteiger partial charge is 0.271 e. The predicted octanol–water partition coefficient (Wildman–Crippen LogP) is 3.00. The van der Waals surface area contributed by atoms with Gasteiger partial charge in [-0.15, -0.1) is 0 Å². The van der Waals surface area contributed by atoms with Crippen LogP contribution in [0.5, 0.6) is 5.88 Å². The minimum absolute atomic E-state index is 0.0557. The lowest BCUT2D eigenvalue weighted by atomic mass is 10.0. The van der Waals surface area contributed by atoms with E-state index in [1.807, 2.05) is 48.5 Å². The summed E-state index contributed by atoms with van der Waals surface area (Å²) in [6.07, 6.45) is 1.62. The molecule has 0 bridgehead atoms. The van der Waals surface area contributed by atoms with Gasteiger partial charge in [0.2, 0.25) is 5.88 Å². The van der Waals surface area contributed by atoms with Crippen LogP contribution in [0.3, 0.4) is 0 Å². The minimum atomic E-state index is -3.28. The molecule has 0 saturated carbocycles. The molecular weight excluding hydrogens is 402 g/mol. The van der Waals surface area contributed by atoms with Crippen molar-refractivity contribution < 1.29 is 13.5 Å². The first kappa shape index (κ1) is 19.9. The molecule has 1 fully saturated rings. The first-order valence-corrected chi connectivity index (χ1v) is 11.2. The van der Waals surface area contributed by atoms with Gasteiger partial charge in [-0.25, -0.2) is 8.42 Å². The maximum atomic E-state index is 12.8. The van der Waals surface area contributed by atoms with Crippen molar-refractivity contribution in [1.29, 1.82) is 5.26 Å². The van der Waals surface area contributed by atoms with Crippen molar-refractivity contribution in [3.8, 4) is 11.9 Å². The number of hydrogen-bond acceptors (Lipinski definition) is 6. The summed E-state index contributed by atoms with van der Waals surface area (Å²) >= 11 is 0. The zero-order valence-electron chi connectivity index (χ0n) is 16.2. The van der Waals surface area contributed by atoms with Gasteiger partial charge in [-0.3, -0.25) is 14.4 Å². The van der Waals surface area contributed by atoms with Crippen LogP contribution in [0.2, 0.25) is 0 Å². The molecule has 1 saturated heterocycles. The molecule has 0 amide bonds. The molecule has 30 heavy (non-hydrogen) atoms. The zero-order valence-corrected chi connectivity index (χ0v) is 17.1. The average molecular weight is 421 g/mol. The summed E-state index contributed by atoms with van der Waals surface area (Å²) in [6, 6.07) is 14.7. The number of aromatic nitrogens is 1. The molecule has 1 unspecified atom stereocenters. The molecule has 0 radical (unpaired) electrons. The van der Waals surface area contributed by atoms with Crippen LogP contribution in [0, 0.1) is 18.3 Å². The van der Waals surface area contributed by atoms with Crippen molar-refractivity contribution in [1.82, 2.24) is 4.57 Å². The Morgan fingerprint density at radius 1 is 1.23 bits per heavy atom. The normalized spacial score (nSPS) is 18.1. The quantitative estimate of drug-likeness (QED) is 0.653. The standard InChI is InChI=1S/C22H19N3O4S/c1-14-19(11-23)21(26)25(18-8-9-30(28,29)13-18)22(27)20(14)12-24-17-7-6-15-4-2-3-5-16(15)10-17/h2-7,10,12,18,27H,8-9,13H2,1H3. The van der Waals surface area contributed by atoms with Crippen LogP contribution in [0.25, 0.3) is 10.8 Å². The summed E-state index contributed by atoms with van der Waals surface area (Å²) in [5.74, 6) is -0.668. The van der Waals surface area contributed by atoms with Crippen molar-refractivity contribution in [2.45, 2.75) is 19.4 Å². The number of aliphatic imine (C=N–C) groups is 1. The maximum Gasteiger partial charge on any atom is 0.271 e. The molecule has 2 aromatic carbocycles. The number of hydrogen-bond donors (Lipinski definition) is 1. The third-order valence-electron chi connectivity index (χ3n) is 5.44. The third kappa shape index (κ3) is 3.48. The summed E-state index contributed by atoms with van der Waals surface area (Å²) in [7, 11) is -3.28. The molecular formula is C22H19N3O4S. The van der Waals surface area contributed by atoms with Crippen molar-refractivity contribution >= 4 is 32.5 Å². The highest BCUT2D eigenvalue weighted by molar-refractivity contribution is 7.91. The van der Waals surface area contributed by atoms with E-state index in [4.69, 9.17) is 0 Å². The van der Waals surface area contributed by atoms with Gasteiger partial charge in [0.05, 0.1) is 28.8 Å². The van der Waals surface area contributed by atoms with E-state index in [0.717, 1.165) is 15.3 Å². The monoisotopic (exact) mass is 421 g/mol. The second kappa shape index (κ2) is 7.43. The molecule has 1 N–H and O–H groups in total. The third-order valence-corrected chi connectivity index (χ3v) is 7.19. The lowest BCUT2D eigenvalue weighted by Gasteiger charge is -2.18. The van der Waals surface area contributed by atoms with Gasteiger partial charge in [-0.2, -0.15) is 5.26 Å². The molecule has 152 valence electrons. The number of nitriles is 1. The predicted molar refractivity (Wildman–Crippen MR) is 115 cm³/mol. The Balaban J connectivity index is 1.82. The second-order valence-electron chi connectivity index (χ2n) is 7.37. The topological polar surface area (TPSA) is 113 Å². The largest absolute Gasteiger partial charge is 0.494 e. The van der Waals surface area contributed by atoms with Crippen LogP contribution < -0.4 is 5.56 Å². The molecule has 0 spiro atoms. The molecule has 1 atom stereocenters. The van der Waals surface area contributed by atoms with Crippen molar-refractivity contribution in [2.75, 3.05) is 11.5 Å². The highest BCUT2D eigenvalue weighted by Gasteiger charge is 2.33. The van der Waals surface area contributed by atoms with E-state index in [1.54, 1.807) is 6.92 Å². The van der Waals surface area contributed by atoms with Gasteiger partial charge >= 0.3 is 0 Å². The number of pyridine rings is 1. The Kier molecular flexibility index (Phi) is 4.92. The maximum absolute atomic E-state index is 12.8. The van der Waals surface area contributed by atoms with Gasteiger partial charge in [-0.1, -0.05) is 30.3 Å². The van der Waals surface area contributed by atoms with Crippen LogP contribution in [0.4, 0.5) is 5.69 Å². The Morgan fingerprint density at radius 3 is 2.63 bits per heavy atom. The average Bonchev–Trinajstić information content (AvgIpc) is 3.07.